The predicted molar refractivity (Wildman–Crippen MR) is 84.4 cm³/mol. The van der Waals surface area contributed by atoms with E-state index >= 15 is 0 Å². The fourth-order valence-electron chi connectivity index (χ4n) is 2.54. The van der Waals surface area contributed by atoms with Crippen molar-refractivity contribution >= 4 is 23.3 Å². The molecule has 0 saturated carbocycles. The Morgan fingerprint density at radius 2 is 1.80 bits per heavy atom. The van der Waals surface area contributed by atoms with Gasteiger partial charge in [-0.2, -0.15) is 13.2 Å². The van der Waals surface area contributed by atoms with Crippen molar-refractivity contribution in [1.29, 1.82) is 0 Å². The van der Waals surface area contributed by atoms with Gasteiger partial charge in [0.15, 0.2) is 5.75 Å². The third-order valence-corrected chi connectivity index (χ3v) is 3.59. The second-order valence-electron chi connectivity index (χ2n) is 5.39. The third kappa shape index (κ3) is 3.73. The van der Waals surface area contributed by atoms with Gasteiger partial charge in [0.2, 0.25) is 5.91 Å². The number of hydrogen-bond acceptors (Lipinski definition) is 4. The first-order valence-electron chi connectivity index (χ1n) is 7.35. The van der Waals surface area contributed by atoms with E-state index in [4.69, 9.17) is 4.74 Å². The smallest absolute Gasteiger partial charge is 0.418 e. The van der Waals surface area contributed by atoms with Gasteiger partial charge < -0.3 is 15.0 Å². The molecular weight excluding hydrogens is 337 g/mol. The van der Waals surface area contributed by atoms with E-state index in [1.54, 1.807) is 24.3 Å². The second kappa shape index (κ2) is 6.46. The molecule has 0 aliphatic carbocycles. The van der Waals surface area contributed by atoms with E-state index in [0.29, 0.717) is 11.4 Å². The van der Waals surface area contributed by atoms with Crippen LogP contribution in [-0.4, -0.2) is 25.0 Å². The largest absolute Gasteiger partial charge is 0.423 e. The van der Waals surface area contributed by atoms with Crippen LogP contribution in [0.5, 0.6) is 5.75 Å². The fourth-order valence-corrected chi connectivity index (χ4v) is 2.54. The summed E-state index contributed by atoms with van der Waals surface area (Å²) in [5.41, 5.74) is -0.726. The summed E-state index contributed by atoms with van der Waals surface area (Å²) < 4.78 is 44.0. The number of nitrogens with zero attached hydrogens (tertiary/aromatic N) is 1. The second-order valence-corrected chi connectivity index (χ2v) is 5.39. The van der Waals surface area contributed by atoms with E-state index in [1.807, 2.05) is 0 Å². The van der Waals surface area contributed by atoms with Crippen LogP contribution in [0.1, 0.15) is 5.56 Å². The molecule has 0 bridgehead atoms. The number of carbonyl (C=O) groups is 2. The van der Waals surface area contributed by atoms with Crippen molar-refractivity contribution in [3.8, 4) is 5.75 Å². The highest BCUT2D eigenvalue weighted by atomic mass is 19.4. The van der Waals surface area contributed by atoms with Crippen LogP contribution >= 0.6 is 0 Å². The van der Waals surface area contributed by atoms with Gasteiger partial charge >= 0.3 is 12.1 Å². The minimum Gasteiger partial charge on any atom is -0.423 e. The SMILES string of the molecule is O=C(CN1CC(=O)Oc2ccccc21)Nc1ccccc1C(F)(F)F. The third-order valence-electron chi connectivity index (χ3n) is 3.59. The molecule has 0 unspecified atom stereocenters. The van der Waals surface area contributed by atoms with Gasteiger partial charge in [0.05, 0.1) is 23.5 Å². The van der Waals surface area contributed by atoms with Gasteiger partial charge in [0.25, 0.3) is 0 Å². The fraction of sp³-hybridized carbons (Fsp3) is 0.176. The molecular formula is C17H13F3N2O3. The molecule has 5 nitrogen and oxygen atoms in total. The van der Waals surface area contributed by atoms with Crippen LogP contribution in [-0.2, 0) is 15.8 Å². The number of para-hydroxylation sites is 3. The summed E-state index contributed by atoms with van der Waals surface area (Å²) in [7, 11) is 0. The van der Waals surface area contributed by atoms with E-state index in [2.05, 4.69) is 5.32 Å². The first-order valence-corrected chi connectivity index (χ1v) is 7.35. The summed E-state index contributed by atoms with van der Waals surface area (Å²) in [6, 6.07) is 11.3. The molecule has 0 atom stereocenters. The number of alkyl halides is 3. The Morgan fingerprint density at radius 1 is 1.12 bits per heavy atom. The lowest BCUT2D eigenvalue weighted by Gasteiger charge is -2.29. The van der Waals surface area contributed by atoms with Crippen molar-refractivity contribution in [2.24, 2.45) is 0 Å². The van der Waals surface area contributed by atoms with E-state index in [9.17, 15) is 22.8 Å². The minimum atomic E-state index is -4.58. The Labute approximate surface area is 141 Å². The molecule has 0 spiro atoms. The van der Waals surface area contributed by atoms with Crippen LogP contribution < -0.4 is 15.0 Å². The highest BCUT2D eigenvalue weighted by Gasteiger charge is 2.34. The number of hydrogen-bond donors (Lipinski definition) is 1. The molecule has 1 amide bonds. The number of rotatable bonds is 3. The lowest BCUT2D eigenvalue weighted by molar-refractivity contribution is -0.137. The lowest BCUT2D eigenvalue weighted by Crippen LogP contribution is -2.41. The van der Waals surface area contributed by atoms with Crippen LogP contribution in [0.25, 0.3) is 0 Å². The van der Waals surface area contributed by atoms with Gasteiger partial charge in [-0.05, 0) is 24.3 Å². The van der Waals surface area contributed by atoms with Crippen LogP contribution in [0.2, 0.25) is 0 Å². The summed E-state index contributed by atoms with van der Waals surface area (Å²) >= 11 is 0. The standard InChI is InChI=1S/C17H13F3N2O3/c18-17(19,20)11-5-1-2-6-12(11)21-15(23)9-22-10-16(24)25-14-8-4-3-7-13(14)22/h1-8H,9-10H2,(H,21,23). The molecule has 2 aromatic rings. The molecule has 0 aromatic heterocycles. The van der Waals surface area contributed by atoms with Crippen molar-refractivity contribution in [2.45, 2.75) is 6.18 Å². The molecule has 1 N–H and O–H groups in total. The Hall–Kier alpha value is -3.03. The average Bonchev–Trinajstić information content (AvgIpc) is 2.54. The number of nitrogens with one attached hydrogen (secondary N) is 1. The Kier molecular flexibility index (Phi) is 4.35. The van der Waals surface area contributed by atoms with Crippen LogP contribution in [0.15, 0.2) is 48.5 Å². The number of esters is 1. The van der Waals surface area contributed by atoms with Gasteiger partial charge in [-0.15, -0.1) is 0 Å². The minimum absolute atomic E-state index is 0.161. The van der Waals surface area contributed by atoms with Crippen LogP contribution in [0.4, 0.5) is 24.5 Å². The number of benzene rings is 2. The highest BCUT2D eigenvalue weighted by molar-refractivity contribution is 5.96. The van der Waals surface area contributed by atoms with Gasteiger partial charge in [-0.1, -0.05) is 24.3 Å². The quantitative estimate of drug-likeness (QED) is 0.683. The number of halogens is 3. The summed E-state index contributed by atoms with van der Waals surface area (Å²) in [5, 5.41) is 2.26. The highest BCUT2D eigenvalue weighted by Crippen LogP contribution is 2.35. The molecule has 1 aliphatic rings. The number of ether oxygens (including phenoxy) is 1. The normalized spacial score (nSPS) is 13.9. The first-order chi connectivity index (χ1) is 11.8. The predicted octanol–water partition coefficient (Wildman–Crippen LogP) is 3.07. The van der Waals surface area contributed by atoms with E-state index in [1.165, 1.54) is 23.1 Å². The topological polar surface area (TPSA) is 58.6 Å². The van der Waals surface area contributed by atoms with Crippen molar-refractivity contribution in [3.05, 3.63) is 54.1 Å². The maximum Gasteiger partial charge on any atom is 0.418 e. The van der Waals surface area contributed by atoms with Crippen molar-refractivity contribution < 1.29 is 27.5 Å². The molecule has 0 radical (unpaired) electrons. The van der Waals surface area contributed by atoms with Gasteiger partial charge in [0, 0.05) is 0 Å². The van der Waals surface area contributed by atoms with Crippen molar-refractivity contribution in [3.63, 3.8) is 0 Å². The summed E-state index contributed by atoms with van der Waals surface area (Å²) in [4.78, 5) is 25.3. The first kappa shape index (κ1) is 16.8. The molecule has 25 heavy (non-hydrogen) atoms. The van der Waals surface area contributed by atoms with Crippen molar-refractivity contribution in [1.82, 2.24) is 0 Å². The molecule has 1 heterocycles. The van der Waals surface area contributed by atoms with Crippen LogP contribution in [0, 0.1) is 0 Å². The number of anilines is 2. The van der Waals surface area contributed by atoms with E-state index in [-0.39, 0.29) is 18.8 Å². The maximum atomic E-state index is 13.0. The van der Waals surface area contributed by atoms with E-state index < -0.39 is 23.6 Å². The van der Waals surface area contributed by atoms with Gasteiger partial charge in [0.1, 0.15) is 6.54 Å². The summed E-state index contributed by atoms with van der Waals surface area (Å²) in [6.45, 7) is -0.441. The Morgan fingerprint density at radius 3 is 2.56 bits per heavy atom. The summed E-state index contributed by atoms with van der Waals surface area (Å²) in [5.74, 6) is -0.898. The molecule has 130 valence electrons. The zero-order valence-corrected chi connectivity index (χ0v) is 12.8. The molecule has 2 aromatic carbocycles. The average molecular weight is 350 g/mol. The summed E-state index contributed by atoms with van der Waals surface area (Å²) in [6.07, 6.45) is -4.58. The molecule has 0 saturated heterocycles. The number of fused-ring (bicyclic) bond motifs is 1. The molecule has 1 aliphatic heterocycles. The lowest BCUT2D eigenvalue weighted by atomic mass is 10.1. The Bertz CT molecular complexity index is 821. The zero-order chi connectivity index (χ0) is 18.0. The van der Waals surface area contributed by atoms with E-state index in [0.717, 1.165) is 6.07 Å². The monoisotopic (exact) mass is 350 g/mol. The maximum absolute atomic E-state index is 13.0. The van der Waals surface area contributed by atoms with Gasteiger partial charge in [-0.25, -0.2) is 4.79 Å². The number of amides is 1. The Balaban J connectivity index is 1.78. The van der Waals surface area contributed by atoms with Crippen molar-refractivity contribution in [2.75, 3.05) is 23.3 Å². The molecule has 8 heteroatoms. The zero-order valence-electron chi connectivity index (χ0n) is 12.8. The number of carbonyl (C=O) groups excluding carboxylic acids is 2. The molecule has 3 rings (SSSR count). The van der Waals surface area contributed by atoms with Crippen LogP contribution in [0.3, 0.4) is 0 Å². The molecule has 0 fully saturated rings. The van der Waals surface area contributed by atoms with Gasteiger partial charge in [-0.3, -0.25) is 4.79 Å².